The van der Waals surface area contributed by atoms with Gasteiger partial charge in [-0.3, -0.25) is 19.2 Å². The number of nitrogens with zero attached hydrogens (tertiary/aromatic N) is 7. The van der Waals surface area contributed by atoms with E-state index in [1.54, 1.807) is 41.2 Å². The fourth-order valence-electron chi connectivity index (χ4n) is 17.6. The molecule has 7 heterocycles. The number of Topliss-reactive ketones (excluding diaryl/α,β-unsaturated/α-hetero) is 2. The van der Waals surface area contributed by atoms with E-state index >= 15 is 0 Å². The average Bonchev–Trinajstić information content (AvgIpc) is 1.56. The molecule has 16 atom stereocenters. The minimum absolute atomic E-state index is 0.0159. The van der Waals surface area contributed by atoms with Crippen molar-refractivity contribution in [3.63, 3.8) is 0 Å². The number of methoxy groups -OCH3 is 4. The van der Waals surface area contributed by atoms with Gasteiger partial charge in [0, 0.05) is 90.8 Å². The highest BCUT2D eigenvalue weighted by Gasteiger charge is 2.53. The zero-order chi connectivity index (χ0) is 91.7. The number of hydrogen-bond acceptors (Lipinski definition) is 30. The first-order valence-corrected chi connectivity index (χ1v) is 45.8. The van der Waals surface area contributed by atoms with E-state index in [2.05, 4.69) is 38.5 Å². The molecule has 0 spiro atoms. The van der Waals surface area contributed by atoms with Crippen LogP contribution in [0.1, 0.15) is 149 Å². The van der Waals surface area contributed by atoms with E-state index in [1.807, 2.05) is 92.8 Å². The van der Waals surface area contributed by atoms with Crippen LogP contribution in [0.5, 0.6) is 0 Å². The number of ketones is 2. The standard InChI is InChI=1S/C94H138N10O23S/c1-60-17-13-12-14-18-61(2)77(112-8)55-72-25-20-66(7)94(111,127-72)87(108)90(109)103-31-16-15-19-74(103)91(110)124-79(56-78(113-9)62(3)50-65(6)85(107)86(115-11)84(106)64(5)49-60)63(4)51-67-22-26-76(80(53-67)114-10)126-93(128)97-30-34-117-36-38-119-40-42-121-44-46-123-48-47-122-45-43-120-41-39-118-37-35-116-33-29-81(105)102-32-28-69-52-68(21-23-71(69)58-102)57-104-89-82(88(95)98-59-99-89)83(101-104)70-24-27-75-73(54-70)100-92(96)125-75/h12-14,17-18,21,23-24,27,50,52,54,59-60,62-64,66-67,72,74,76-80,85-86,107,111H,15-16,19-20,22,25-26,28-49,51,53,55-58H2,1-11H3,(H2,96,100)(H,97,128)(H2,95,98,99)/b14-12+,17-13+,61-18+,65-50+/t60-,62-,63-,64-,66-,67+,72+,74+,76-,77+,78-,79+,80-,85-,86+,94-/m1/s1. The van der Waals surface area contributed by atoms with Crippen molar-refractivity contribution in [2.24, 2.45) is 35.5 Å². The van der Waals surface area contributed by atoms with Gasteiger partial charge in [-0.1, -0.05) is 89.3 Å². The molecule has 2 bridgehead atoms. The number of allylic oxidation sites excluding steroid dienone is 5. The summed E-state index contributed by atoms with van der Waals surface area (Å²) >= 11 is 5.65. The Bertz CT molecular complexity index is 4490. The van der Waals surface area contributed by atoms with Gasteiger partial charge < -0.3 is 112 Å². The number of anilines is 2. The van der Waals surface area contributed by atoms with E-state index < -0.39 is 77.9 Å². The maximum atomic E-state index is 14.9. The van der Waals surface area contributed by atoms with Crippen molar-refractivity contribution in [2.45, 2.75) is 212 Å². The number of aromatic nitrogens is 5. The van der Waals surface area contributed by atoms with Crippen LogP contribution >= 0.6 is 12.2 Å². The van der Waals surface area contributed by atoms with Gasteiger partial charge in [0.1, 0.15) is 53.8 Å². The number of carbonyl (C=O) groups excluding carboxylic acids is 5. The van der Waals surface area contributed by atoms with E-state index in [1.165, 1.54) is 23.9 Å². The molecule has 1 aliphatic carbocycles. The van der Waals surface area contributed by atoms with Crippen molar-refractivity contribution in [2.75, 3.05) is 165 Å². The van der Waals surface area contributed by atoms with Gasteiger partial charge in [0.2, 0.25) is 11.7 Å². The van der Waals surface area contributed by atoms with Gasteiger partial charge in [-0.05, 0) is 160 Å². The second kappa shape index (κ2) is 52.2. The Hall–Kier alpha value is -8.14. The molecule has 10 rings (SSSR count). The number of nitrogens with two attached hydrogens (primary N) is 2. The first kappa shape index (κ1) is 102. The minimum Gasteiger partial charge on any atom is -0.465 e. The normalized spacial score (nSPS) is 27.4. The molecule has 1 saturated carbocycles. The first-order chi connectivity index (χ1) is 61.8. The van der Waals surface area contributed by atoms with Gasteiger partial charge in [0.15, 0.2) is 17.0 Å². The first-order valence-electron chi connectivity index (χ1n) is 45.4. The number of oxazole rings is 1. The lowest BCUT2D eigenvalue weighted by atomic mass is 9.78. The van der Waals surface area contributed by atoms with Crippen molar-refractivity contribution in [3.8, 4) is 11.3 Å². The number of thiocarbonyl (C=S) groups is 1. The predicted molar refractivity (Wildman–Crippen MR) is 483 cm³/mol. The average molecular weight is 1810 g/mol. The lowest BCUT2D eigenvalue weighted by molar-refractivity contribution is -0.265. The highest BCUT2D eigenvalue weighted by Crippen LogP contribution is 2.40. The second-order valence-corrected chi connectivity index (χ2v) is 34.7. The van der Waals surface area contributed by atoms with Crippen LogP contribution in [-0.2, 0) is 115 Å². The van der Waals surface area contributed by atoms with Crippen molar-refractivity contribution >= 4 is 80.7 Å². The lowest BCUT2D eigenvalue weighted by Gasteiger charge is -2.43. The zero-order valence-corrected chi connectivity index (χ0v) is 77.4. The van der Waals surface area contributed by atoms with Gasteiger partial charge in [0.25, 0.3) is 22.9 Å². The molecule has 0 radical (unpaired) electrons. The Kier molecular flexibility index (Phi) is 41.6. The Balaban J connectivity index is 0.557. The third-order valence-electron chi connectivity index (χ3n) is 25.0. The van der Waals surface area contributed by atoms with Crippen LogP contribution in [0, 0.1) is 35.5 Å². The summed E-state index contributed by atoms with van der Waals surface area (Å²) in [7, 11) is 6.25. The van der Waals surface area contributed by atoms with Gasteiger partial charge in [-0.25, -0.2) is 19.4 Å². The summed E-state index contributed by atoms with van der Waals surface area (Å²) in [5.41, 5.74) is 20.1. The summed E-state index contributed by atoms with van der Waals surface area (Å²) in [6.45, 7) is 21.7. The number of aliphatic hydroxyl groups excluding tert-OH is 1. The van der Waals surface area contributed by atoms with Gasteiger partial charge in [-0.2, -0.15) is 10.1 Å². The van der Waals surface area contributed by atoms with Crippen LogP contribution in [-0.4, -0.2) is 294 Å². The van der Waals surface area contributed by atoms with Gasteiger partial charge in [0.05, 0.1) is 148 Å². The number of esters is 1. The number of amides is 2. The molecule has 2 saturated heterocycles. The molecule has 2 amide bonds. The summed E-state index contributed by atoms with van der Waals surface area (Å²) in [6, 6.07) is 10.8. The maximum absolute atomic E-state index is 14.9. The van der Waals surface area contributed by atoms with Crippen LogP contribution in [0.2, 0.25) is 0 Å². The zero-order valence-electron chi connectivity index (χ0n) is 76.6. The summed E-state index contributed by atoms with van der Waals surface area (Å²) < 4.78 is 95.8. The number of rotatable bonds is 38. The number of nitrogens with one attached hydrogen (secondary N) is 1. The maximum Gasteiger partial charge on any atom is 0.329 e. The topological polar surface area (TPSA) is 404 Å². The van der Waals surface area contributed by atoms with E-state index in [0.29, 0.717) is 229 Å². The predicted octanol–water partition coefficient (Wildman–Crippen LogP) is 9.79. The number of benzene rings is 2. The van der Waals surface area contributed by atoms with Crippen molar-refractivity contribution in [1.29, 1.82) is 0 Å². The van der Waals surface area contributed by atoms with Gasteiger partial charge in [-0.15, -0.1) is 0 Å². The smallest absolute Gasteiger partial charge is 0.329 e. The number of piperidine rings is 1. The summed E-state index contributed by atoms with van der Waals surface area (Å²) in [5.74, 6) is -6.75. The van der Waals surface area contributed by atoms with E-state index in [0.717, 1.165) is 35.1 Å². The summed E-state index contributed by atoms with van der Waals surface area (Å²) in [6.07, 6.45) is 14.6. The number of cyclic esters (lactones) is 1. The Labute approximate surface area is 757 Å². The fourth-order valence-corrected chi connectivity index (χ4v) is 17.8. The third kappa shape index (κ3) is 29.7. The van der Waals surface area contributed by atoms with E-state index in [4.69, 9.17) is 104 Å². The molecule has 34 heteroatoms. The monoisotopic (exact) mass is 1810 g/mol. The molecule has 708 valence electrons. The Morgan fingerprint density at radius 2 is 1.38 bits per heavy atom. The lowest BCUT2D eigenvalue weighted by Crippen LogP contribution is -2.61. The summed E-state index contributed by atoms with van der Waals surface area (Å²) in [4.78, 5) is 87.5. The molecular weight excluding hydrogens is 1670 g/mol. The largest absolute Gasteiger partial charge is 0.465 e. The van der Waals surface area contributed by atoms with Crippen LogP contribution in [0.15, 0.2) is 94.7 Å². The van der Waals surface area contributed by atoms with Crippen molar-refractivity contribution < 1.29 is 110 Å². The summed E-state index contributed by atoms with van der Waals surface area (Å²) in [5, 5.41) is 33.0. The molecule has 3 fully saturated rings. The molecule has 7 N–H and O–H groups in total. The number of nitrogen functional groups attached to an aromatic ring is 2. The van der Waals surface area contributed by atoms with E-state index in [-0.39, 0.29) is 84.6 Å². The Morgan fingerprint density at radius 1 is 0.703 bits per heavy atom. The SMILES string of the molecule is CO[C@H]1C[C@@H]2CC[C@@H](C)[C@@](O)(O2)C(=O)C(=O)N2CCCC[C@H]2C(=O)O[C@H]([C@H](C)C[C@@H]2CC[C@@H](OC(=S)NCCOCCOCCOCCOCCOCCOCCOCCOCCC(=O)N3CCc4cc(Cn5nc(-c6ccc7oc(N)nc7c6)c6c(N)ncnc65)ccc4C3)[C@H](OC)C2)C[C@@H](OC)[C@H](C)/C=C(\C)[C@@H](O)[C@@H](OC)C(=O)[C@H](C)C[C@H](C)/C=C/C=C/C=C/1C. The molecule has 2 aromatic carbocycles. The molecule has 0 unspecified atom stereocenters. The molecule has 5 aliphatic rings. The van der Waals surface area contributed by atoms with Crippen molar-refractivity contribution in [3.05, 3.63) is 107 Å². The fraction of sp³-hybridized carbons (Fsp3) is 0.660. The van der Waals surface area contributed by atoms with Crippen LogP contribution in [0.25, 0.3) is 33.4 Å². The van der Waals surface area contributed by atoms with Crippen LogP contribution < -0.4 is 16.8 Å². The number of fused-ring (bicyclic) bond motifs is 6. The molecule has 128 heavy (non-hydrogen) atoms. The number of carbonyl (C=O) groups is 5. The minimum atomic E-state index is -2.45. The molecule has 5 aromatic rings. The highest BCUT2D eigenvalue weighted by molar-refractivity contribution is 7.80. The van der Waals surface area contributed by atoms with E-state index in [9.17, 15) is 34.2 Å². The van der Waals surface area contributed by atoms with Gasteiger partial charge >= 0.3 is 5.97 Å². The van der Waals surface area contributed by atoms with Crippen LogP contribution in [0.4, 0.5) is 11.8 Å². The molecule has 33 nitrogen and oxygen atoms in total. The molecule has 3 aromatic heterocycles. The number of aliphatic hydroxyl groups is 2. The quantitative estimate of drug-likeness (QED) is 0.00806. The third-order valence-corrected chi connectivity index (χ3v) is 25.2. The molecular formula is C94H138N10O23S. The highest BCUT2D eigenvalue weighted by atomic mass is 32.1. The Morgan fingerprint density at radius 3 is 2.04 bits per heavy atom. The van der Waals surface area contributed by atoms with Crippen LogP contribution in [0.3, 0.4) is 0 Å². The number of ether oxygens (including phenoxy) is 15. The van der Waals surface area contributed by atoms with Crippen molar-refractivity contribution in [1.82, 2.24) is 39.8 Å². The number of hydrogen-bond donors (Lipinski definition) is 5. The molecule has 4 aliphatic heterocycles. The second-order valence-electron chi connectivity index (χ2n) is 34.3.